The predicted octanol–water partition coefficient (Wildman–Crippen LogP) is 1.96. The maximum atomic E-state index is 12.6. The molecule has 0 saturated carbocycles. The van der Waals surface area contributed by atoms with E-state index in [9.17, 15) is 13.6 Å². The molecule has 4 nitrogen and oxygen atoms in total. The Balaban J connectivity index is 3.17. The highest BCUT2D eigenvalue weighted by molar-refractivity contribution is 9.10. The molecule has 2 N–H and O–H groups in total. The molecule has 94 valence electrons. The van der Waals surface area contributed by atoms with Gasteiger partial charge < -0.3 is 10.5 Å². The van der Waals surface area contributed by atoms with Crippen LogP contribution in [0.25, 0.3) is 0 Å². The van der Waals surface area contributed by atoms with Gasteiger partial charge in [0.25, 0.3) is 6.43 Å². The quantitative estimate of drug-likeness (QED) is 0.864. The summed E-state index contributed by atoms with van der Waals surface area (Å²) in [5.74, 6) is -0.514. The first kappa shape index (κ1) is 14.0. The Morgan fingerprint density at radius 2 is 2.29 bits per heavy atom. The number of carbonyl (C=O) groups excluding carboxylic acids is 1. The van der Waals surface area contributed by atoms with E-state index in [2.05, 4.69) is 25.7 Å². The van der Waals surface area contributed by atoms with Crippen molar-refractivity contribution in [3.63, 3.8) is 0 Å². The van der Waals surface area contributed by atoms with Crippen LogP contribution in [-0.4, -0.2) is 18.1 Å². The predicted molar refractivity (Wildman–Crippen MR) is 60.5 cm³/mol. The third kappa shape index (κ3) is 3.44. The molecule has 0 atom stereocenters. The molecule has 0 fully saturated rings. The van der Waals surface area contributed by atoms with Crippen molar-refractivity contribution >= 4 is 21.9 Å². The third-order valence-electron chi connectivity index (χ3n) is 2.10. The van der Waals surface area contributed by atoms with Crippen molar-refractivity contribution in [3.05, 3.63) is 27.5 Å². The highest BCUT2D eigenvalue weighted by Crippen LogP contribution is 2.26. The topological polar surface area (TPSA) is 65.2 Å². The van der Waals surface area contributed by atoms with Gasteiger partial charge in [0.05, 0.1) is 19.2 Å². The number of methoxy groups -OCH3 is 1. The van der Waals surface area contributed by atoms with Crippen LogP contribution in [0.4, 0.5) is 8.78 Å². The van der Waals surface area contributed by atoms with E-state index in [4.69, 9.17) is 5.73 Å². The number of carbonyl (C=O) groups is 1. The van der Waals surface area contributed by atoms with E-state index in [1.54, 1.807) is 0 Å². The van der Waals surface area contributed by atoms with Gasteiger partial charge in [-0.2, -0.15) is 0 Å². The zero-order valence-electron chi connectivity index (χ0n) is 9.04. The summed E-state index contributed by atoms with van der Waals surface area (Å²) in [5.41, 5.74) is 5.69. The van der Waals surface area contributed by atoms with Crippen LogP contribution in [0.15, 0.2) is 10.5 Å². The van der Waals surface area contributed by atoms with E-state index in [0.717, 1.165) is 0 Å². The summed E-state index contributed by atoms with van der Waals surface area (Å²) in [6, 6.07) is 1.17. The Bertz CT molecular complexity index is 427. The van der Waals surface area contributed by atoms with Crippen LogP contribution in [0.1, 0.15) is 23.4 Å². The van der Waals surface area contributed by atoms with Gasteiger partial charge in [-0.1, -0.05) is 0 Å². The first-order chi connectivity index (χ1) is 7.99. The maximum absolute atomic E-state index is 12.6. The fraction of sp³-hybridized carbons (Fsp3) is 0.400. The second-order valence-electron chi connectivity index (χ2n) is 3.22. The summed E-state index contributed by atoms with van der Waals surface area (Å²) in [6.45, 7) is 0.00924. The molecule has 1 aromatic rings. The van der Waals surface area contributed by atoms with E-state index < -0.39 is 18.1 Å². The first-order valence-electron chi connectivity index (χ1n) is 4.72. The van der Waals surface area contributed by atoms with Gasteiger partial charge in [0.1, 0.15) is 5.69 Å². The molecule has 0 aliphatic heterocycles. The molecule has 0 bridgehead atoms. The standard InChI is InChI=1S/C10H11BrF2N2O2/c1-17-8(16)3-5-2-6(10(12)13)15-7(4-14)9(5)11/h2,10H,3-4,14H2,1H3. The lowest BCUT2D eigenvalue weighted by Gasteiger charge is -2.10. The number of pyridine rings is 1. The van der Waals surface area contributed by atoms with Crippen LogP contribution < -0.4 is 5.73 Å². The van der Waals surface area contributed by atoms with Crippen LogP contribution in [0, 0.1) is 0 Å². The number of hydrogen-bond acceptors (Lipinski definition) is 4. The molecular weight excluding hydrogens is 298 g/mol. The molecule has 1 aromatic heterocycles. The number of aromatic nitrogens is 1. The van der Waals surface area contributed by atoms with Crippen molar-refractivity contribution in [3.8, 4) is 0 Å². The average molecular weight is 309 g/mol. The van der Waals surface area contributed by atoms with Gasteiger partial charge in [-0.05, 0) is 27.6 Å². The number of ether oxygens (including phenoxy) is 1. The summed E-state index contributed by atoms with van der Waals surface area (Å²) >= 11 is 3.19. The number of hydrogen-bond donors (Lipinski definition) is 1. The number of nitrogens with two attached hydrogens (primary N) is 1. The zero-order valence-corrected chi connectivity index (χ0v) is 10.6. The third-order valence-corrected chi connectivity index (χ3v) is 3.07. The van der Waals surface area contributed by atoms with Crippen LogP contribution in [0.5, 0.6) is 0 Å². The molecule has 17 heavy (non-hydrogen) atoms. The molecular formula is C10H11BrF2N2O2. The maximum Gasteiger partial charge on any atom is 0.310 e. The SMILES string of the molecule is COC(=O)Cc1cc(C(F)F)nc(CN)c1Br. The Morgan fingerprint density at radius 1 is 1.65 bits per heavy atom. The lowest BCUT2D eigenvalue weighted by atomic mass is 10.1. The molecule has 0 radical (unpaired) electrons. The largest absolute Gasteiger partial charge is 0.469 e. The Kier molecular flexibility index (Phi) is 4.95. The second kappa shape index (κ2) is 6.02. The summed E-state index contributed by atoms with van der Waals surface area (Å²) in [6.07, 6.45) is -2.81. The molecule has 0 saturated heterocycles. The second-order valence-corrected chi connectivity index (χ2v) is 4.02. The fourth-order valence-electron chi connectivity index (χ4n) is 1.27. The highest BCUT2D eigenvalue weighted by Gasteiger charge is 2.17. The molecule has 0 aromatic carbocycles. The summed E-state index contributed by atoms with van der Waals surface area (Å²) in [7, 11) is 1.23. The minimum absolute atomic E-state index is 0.00924. The summed E-state index contributed by atoms with van der Waals surface area (Å²) < 4.78 is 30.1. The Morgan fingerprint density at radius 3 is 2.76 bits per heavy atom. The molecule has 0 amide bonds. The lowest BCUT2D eigenvalue weighted by Crippen LogP contribution is -2.10. The van der Waals surface area contributed by atoms with Crippen LogP contribution in [0.3, 0.4) is 0 Å². The minimum Gasteiger partial charge on any atom is -0.469 e. The number of rotatable bonds is 4. The van der Waals surface area contributed by atoms with E-state index >= 15 is 0 Å². The van der Waals surface area contributed by atoms with E-state index in [0.29, 0.717) is 15.7 Å². The number of esters is 1. The van der Waals surface area contributed by atoms with Gasteiger partial charge in [0.2, 0.25) is 0 Å². The van der Waals surface area contributed by atoms with Crippen molar-refractivity contribution in [2.75, 3.05) is 7.11 Å². The number of nitrogens with zero attached hydrogens (tertiary/aromatic N) is 1. The fourth-order valence-corrected chi connectivity index (χ4v) is 1.77. The summed E-state index contributed by atoms with van der Waals surface area (Å²) in [4.78, 5) is 14.8. The van der Waals surface area contributed by atoms with Gasteiger partial charge in [-0.3, -0.25) is 4.79 Å². The van der Waals surface area contributed by atoms with Crippen molar-refractivity contribution < 1.29 is 18.3 Å². The molecule has 0 unspecified atom stereocenters. The van der Waals surface area contributed by atoms with Crippen molar-refractivity contribution in [1.82, 2.24) is 4.98 Å². The van der Waals surface area contributed by atoms with E-state index in [-0.39, 0.29) is 13.0 Å². The smallest absolute Gasteiger partial charge is 0.310 e. The molecule has 0 aliphatic carbocycles. The molecule has 1 heterocycles. The van der Waals surface area contributed by atoms with Gasteiger partial charge in [-0.25, -0.2) is 13.8 Å². The van der Waals surface area contributed by atoms with Crippen LogP contribution in [-0.2, 0) is 22.5 Å². The van der Waals surface area contributed by atoms with E-state index in [1.165, 1.54) is 13.2 Å². The number of alkyl halides is 2. The molecule has 1 rings (SSSR count). The monoisotopic (exact) mass is 308 g/mol. The molecule has 7 heteroatoms. The normalized spacial score (nSPS) is 10.7. The van der Waals surface area contributed by atoms with Crippen LogP contribution in [0.2, 0.25) is 0 Å². The summed E-state index contributed by atoms with van der Waals surface area (Å²) in [5, 5.41) is 0. The van der Waals surface area contributed by atoms with Gasteiger partial charge >= 0.3 is 5.97 Å². The van der Waals surface area contributed by atoms with Crippen molar-refractivity contribution in [2.24, 2.45) is 5.73 Å². The van der Waals surface area contributed by atoms with E-state index in [1.807, 2.05) is 0 Å². The van der Waals surface area contributed by atoms with Crippen molar-refractivity contribution in [2.45, 2.75) is 19.4 Å². The van der Waals surface area contributed by atoms with Crippen molar-refractivity contribution in [1.29, 1.82) is 0 Å². The minimum atomic E-state index is -2.70. The average Bonchev–Trinajstić information content (AvgIpc) is 2.31. The van der Waals surface area contributed by atoms with Gasteiger partial charge in [0, 0.05) is 11.0 Å². The lowest BCUT2D eigenvalue weighted by molar-refractivity contribution is -0.139. The Hall–Kier alpha value is -1.08. The number of halogens is 3. The molecule has 0 aliphatic rings. The zero-order chi connectivity index (χ0) is 13.0. The van der Waals surface area contributed by atoms with Gasteiger partial charge in [-0.15, -0.1) is 0 Å². The first-order valence-corrected chi connectivity index (χ1v) is 5.52. The highest BCUT2D eigenvalue weighted by atomic mass is 79.9. The van der Waals surface area contributed by atoms with Crippen LogP contribution >= 0.6 is 15.9 Å². The van der Waals surface area contributed by atoms with Gasteiger partial charge in [0.15, 0.2) is 0 Å². The Labute approximate surface area is 105 Å². The molecule has 0 spiro atoms.